The van der Waals surface area contributed by atoms with Gasteiger partial charge in [-0.1, -0.05) is 13.3 Å². The van der Waals surface area contributed by atoms with E-state index in [9.17, 15) is 13.2 Å². The van der Waals surface area contributed by atoms with Gasteiger partial charge in [-0.3, -0.25) is 14.5 Å². The van der Waals surface area contributed by atoms with Crippen LogP contribution in [-0.4, -0.2) is 48.7 Å². The Bertz CT molecular complexity index is 1300. The lowest BCUT2D eigenvalue weighted by Crippen LogP contribution is -2.38. The molecular weight excluding hydrogens is 468 g/mol. The van der Waals surface area contributed by atoms with Crippen LogP contribution in [0.15, 0.2) is 42.5 Å². The maximum absolute atomic E-state index is 13.0. The SMILES string of the molecule is CCCCS(=O)(=O)N(CC(=O)OCC)c1ccc2c(c1)nc(CNc1ccc(C(=N)N)cc1)n2C. The Morgan fingerprint density at radius 1 is 1.20 bits per heavy atom. The number of nitrogens with zero attached hydrogens (tertiary/aromatic N) is 3. The number of carbonyl (C=O) groups excluding carboxylic acids is 1. The van der Waals surface area contributed by atoms with Crippen LogP contribution in [0.1, 0.15) is 38.1 Å². The van der Waals surface area contributed by atoms with Crippen LogP contribution >= 0.6 is 0 Å². The molecular formula is C24H32N6O4S. The van der Waals surface area contributed by atoms with E-state index in [4.69, 9.17) is 15.9 Å². The molecule has 1 heterocycles. The molecule has 0 atom stereocenters. The molecule has 1 aromatic heterocycles. The van der Waals surface area contributed by atoms with Crippen molar-refractivity contribution in [1.82, 2.24) is 9.55 Å². The maximum Gasteiger partial charge on any atom is 0.326 e. The third kappa shape index (κ3) is 6.30. The van der Waals surface area contributed by atoms with Crippen LogP contribution < -0.4 is 15.4 Å². The number of aromatic nitrogens is 2. The van der Waals surface area contributed by atoms with Gasteiger partial charge in [0, 0.05) is 18.3 Å². The first-order valence-electron chi connectivity index (χ1n) is 11.5. The lowest BCUT2D eigenvalue weighted by Gasteiger charge is -2.23. The summed E-state index contributed by atoms with van der Waals surface area (Å²) in [6.07, 6.45) is 1.22. The summed E-state index contributed by atoms with van der Waals surface area (Å²) in [7, 11) is -1.83. The second-order valence-corrected chi connectivity index (χ2v) is 10.1. The number of sulfonamides is 1. The minimum Gasteiger partial charge on any atom is -0.465 e. The third-order valence-corrected chi connectivity index (χ3v) is 7.38. The fraction of sp³-hybridized carbons (Fsp3) is 0.375. The molecule has 3 aromatic rings. The number of nitrogens with one attached hydrogen (secondary N) is 2. The number of imidazole rings is 1. The molecule has 0 aliphatic rings. The molecule has 0 amide bonds. The van der Waals surface area contributed by atoms with Crippen LogP contribution in [0.3, 0.4) is 0 Å². The molecule has 4 N–H and O–H groups in total. The smallest absolute Gasteiger partial charge is 0.326 e. The Kier molecular flexibility index (Phi) is 8.34. The van der Waals surface area contributed by atoms with Crippen LogP contribution in [0, 0.1) is 5.41 Å². The number of hydrogen-bond acceptors (Lipinski definition) is 7. The van der Waals surface area contributed by atoms with Gasteiger partial charge in [0.2, 0.25) is 10.0 Å². The first kappa shape index (κ1) is 26.0. The van der Waals surface area contributed by atoms with E-state index in [1.165, 1.54) is 0 Å². The molecule has 0 aliphatic carbocycles. The van der Waals surface area contributed by atoms with Crippen molar-refractivity contribution >= 4 is 44.2 Å². The van der Waals surface area contributed by atoms with E-state index in [2.05, 4.69) is 10.3 Å². The van der Waals surface area contributed by atoms with Crippen LogP contribution in [0.5, 0.6) is 0 Å². The topological polar surface area (TPSA) is 143 Å². The molecule has 0 unspecified atom stereocenters. The quantitative estimate of drug-likeness (QED) is 0.197. The molecule has 0 bridgehead atoms. The number of fused-ring (bicyclic) bond motifs is 1. The summed E-state index contributed by atoms with van der Waals surface area (Å²) in [6.45, 7) is 3.82. The number of hydrogen-bond donors (Lipinski definition) is 3. The minimum absolute atomic E-state index is 0.0106. The van der Waals surface area contributed by atoms with Gasteiger partial charge >= 0.3 is 5.97 Å². The fourth-order valence-corrected chi connectivity index (χ4v) is 5.22. The molecule has 0 saturated heterocycles. The van der Waals surface area contributed by atoms with Crippen molar-refractivity contribution in [2.24, 2.45) is 12.8 Å². The number of nitrogen functional groups attached to an aromatic ring is 1. The number of ether oxygens (including phenoxy) is 1. The van der Waals surface area contributed by atoms with Crippen molar-refractivity contribution < 1.29 is 17.9 Å². The second kappa shape index (κ2) is 11.2. The van der Waals surface area contributed by atoms with Gasteiger partial charge < -0.3 is 20.4 Å². The van der Waals surface area contributed by atoms with Crippen molar-refractivity contribution in [3.63, 3.8) is 0 Å². The Labute approximate surface area is 205 Å². The molecule has 11 heteroatoms. The monoisotopic (exact) mass is 500 g/mol. The van der Waals surface area contributed by atoms with Crippen molar-refractivity contribution in [2.75, 3.05) is 28.5 Å². The van der Waals surface area contributed by atoms with E-state index >= 15 is 0 Å². The number of rotatable bonds is 12. The zero-order chi connectivity index (χ0) is 25.6. The van der Waals surface area contributed by atoms with Gasteiger partial charge in [0.1, 0.15) is 18.2 Å². The molecule has 0 aliphatic heterocycles. The van der Waals surface area contributed by atoms with Gasteiger partial charge in [-0.2, -0.15) is 0 Å². The number of carbonyl (C=O) groups is 1. The highest BCUT2D eigenvalue weighted by atomic mass is 32.2. The first-order valence-corrected chi connectivity index (χ1v) is 13.1. The van der Waals surface area contributed by atoms with Gasteiger partial charge in [0.15, 0.2) is 0 Å². The minimum atomic E-state index is -3.72. The predicted octanol–water partition coefficient (Wildman–Crippen LogP) is 2.97. The number of nitrogens with two attached hydrogens (primary N) is 1. The number of benzene rings is 2. The lowest BCUT2D eigenvalue weighted by atomic mass is 10.2. The summed E-state index contributed by atoms with van der Waals surface area (Å²) in [5.74, 6) is 0.102. The van der Waals surface area contributed by atoms with Crippen molar-refractivity contribution in [3.05, 3.63) is 53.9 Å². The standard InChI is InChI=1S/C24H32N6O4S/c1-4-6-13-35(32,33)30(16-23(31)34-5-2)19-11-12-21-20(14-19)28-22(29(21)3)15-27-18-9-7-17(8-10-18)24(25)26/h7-12,14,27H,4-6,13,15-16H2,1-3H3,(H3,25,26). The Hall–Kier alpha value is -3.60. The van der Waals surface area contributed by atoms with Gasteiger partial charge in [0.05, 0.1) is 35.6 Å². The van der Waals surface area contributed by atoms with Crippen molar-refractivity contribution in [1.29, 1.82) is 5.41 Å². The normalized spacial score (nSPS) is 11.4. The number of aryl methyl sites for hydroxylation is 1. The lowest BCUT2D eigenvalue weighted by molar-refractivity contribution is -0.141. The summed E-state index contributed by atoms with van der Waals surface area (Å²) in [6, 6.07) is 12.4. The largest absolute Gasteiger partial charge is 0.465 e. The molecule has 0 spiro atoms. The summed E-state index contributed by atoms with van der Waals surface area (Å²) >= 11 is 0. The van der Waals surface area contributed by atoms with E-state index < -0.39 is 16.0 Å². The molecule has 0 saturated carbocycles. The van der Waals surface area contributed by atoms with Crippen LogP contribution in [0.4, 0.5) is 11.4 Å². The van der Waals surface area contributed by atoms with Crippen molar-refractivity contribution in [2.45, 2.75) is 33.2 Å². The van der Waals surface area contributed by atoms with E-state index in [1.807, 2.05) is 30.7 Å². The molecule has 0 radical (unpaired) electrons. The zero-order valence-electron chi connectivity index (χ0n) is 20.2. The third-order valence-electron chi connectivity index (χ3n) is 5.56. The Morgan fingerprint density at radius 3 is 2.54 bits per heavy atom. The average Bonchev–Trinajstić information content (AvgIpc) is 3.15. The first-order chi connectivity index (χ1) is 16.7. The molecule has 2 aromatic carbocycles. The highest BCUT2D eigenvalue weighted by molar-refractivity contribution is 7.92. The summed E-state index contributed by atoms with van der Waals surface area (Å²) in [4.78, 5) is 16.9. The summed E-state index contributed by atoms with van der Waals surface area (Å²) in [5, 5.41) is 10.8. The predicted molar refractivity (Wildman–Crippen MR) is 138 cm³/mol. The number of amidine groups is 1. The Morgan fingerprint density at radius 2 is 1.91 bits per heavy atom. The van der Waals surface area contributed by atoms with Gasteiger partial charge in [-0.25, -0.2) is 13.4 Å². The maximum atomic E-state index is 13.0. The summed E-state index contributed by atoms with van der Waals surface area (Å²) < 4.78 is 34.1. The van der Waals surface area contributed by atoms with Crippen LogP contribution in [0.25, 0.3) is 11.0 Å². The molecule has 0 fully saturated rings. The number of anilines is 2. The van der Waals surface area contributed by atoms with E-state index in [1.54, 1.807) is 37.3 Å². The van der Waals surface area contributed by atoms with E-state index in [0.29, 0.717) is 29.7 Å². The van der Waals surface area contributed by atoms with Crippen molar-refractivity contribution in [3.8, 4) is 0 Å². The zero-order valence-corrected chi connectivity index (χ0v) is 21.1. The summed E-state index contributed by atoms with van der Waals surface area (Å²) in [5.41, 5.74) is 8.82. The highest BCUT2D eigenvalue weighted by Gasteiger charge is 2.26. The van der Waals surface area contributed by atoms with Gasteiger partial charge in [-0.05, 0) is 55.8 Å². The molecule has 10 nitrogen and oxygen atoms in total. The molecule has 188 valence electrons. The van der Waals surface area contributed by atoms with E-state index in [0.717, 1.165) is 27.8 Å². The molecule has 35 heavy (non-hydrogen) atoms. The second-order valence-electron chi connectivity index (χ2n) is 8.09. The fourth-order valence-electron chi connectivity index (χ4n) is 3.61. The number of unbranched alkanes of at least 4 members (excludes halogenated alkanes) is 1. The average molecular weight is 501 g/mol. The number of esters is 1. The van der Waals surface area contributed by atoms with Crippen LogP contribution in [0.2, 0.25) is 0 Å². The van der Waals surface area contributed by atoms with Crippen LogP contribution in [-0.2, 0) is 33.1 Å². The van der Waals surface area contributed by atoms with Gasteiger partial charge in [-0.15, -0.1) is 0 Å². The highest BCUT2D eigenvalue weighted by Crippen LogP contribution is 2.25. The van der Waals surface area contributed by atoms with Gasteiger partial charge in [0.25, 0.3) is 0 Å². The van der Waals surface area contributed by atoms with E-state index in [-0.39, 0.29) is 24.7 Å². The Balaban J connectivity index is 1.87. The molecule has 3 rings (SSSR count).